The van der Waals surface area contributed by atoms with Crippen LogP contribution in [0.1, 0.15) is 17.0 Å². The number of nitrogens with zero attached hydrogens (tertiary/aromatic N) is 4. The summed E-state index contributed by atoms with van der Waals surface area (Å²) in [6, 6.07) is 0. The lowest BCUT2D eigenvalue weighted by atomic mass is 10.4. The summed E-state index contributed by atoms with van der Waals surface area (Å²) in [4.78, 5) is 0.152. The Labute approximate surface area is 122 Å². The number of hydrogen-bond donors (Lipinski definition) is 1. The van der Waals surface area contributed by atoms with Gasteiger partial charge in [0.2, 0.25) is 10.0 Å². The van der Waals surface area contributed by atoms with Gasteiger partial charge in [-0.3, -0.25) is 9.78 Å². The van der Waals surface area contributed by atoms with Crippen LogP contribution in [0.2, 0.25) is 0 Å². The first-order valence-electron chi connectivity index (χ1n) is 5.90. The maximum Gasteiger partial charge on any atom is 0.246 e. The zero-order chi connectivity index (χ0) is 14.9. The normalized spacial score (nSPS) is 12.2. The molecule has 0 unspecified atom stereocenters. The Kier molecular flexibility index (Phi) is 4.17. The largest absolute Gasteiger partial charge is 0.281 e. The number of halogens is 1. The summed E-state index contributed by atoms with van der Waals surface area (Å²) in [7, 11) is -0.338. The topological polar surface area (TPSA) is 83.9 Å². The molecule has 110 valence electrons. The quantitative estimate of drug-likeness (QED) is 0.834. The van der Waals surface area contributed by atoms with Gasteiger partial charge in [-0.1, -0.05) is 0 Å². The molecule has 0 atom stereocenters. The maximum absolute atomic E-state index is 12.6. The van der Waals surface area contributed by atoms with E-state index in [9.17, 15) is 8.42 Å². The van der Waals surface area contributed by atoms with Crippen LogP contribution in [0.5, 0.6) is 0 Å². The molecule has 0 saturated heterocycles. The van der Waals surface area contributed by atoms with Crippen LogP contribution in [0, 0.1) is 6.92 Å². The number of nitrogens with one attached hydrogen (secondary N) is 1. The van der Waals surface area contributed by atoms with Crippen molar-refractivity contribution in [1.29, 1.82) is 0 Å². The number of sulfonamides is 1. The van der Waals surface area contributed by atoms with E-state index in [1.54, 1.807) is 31.0 Å². The Bertz CT molecular complexity index is 706. The van der Waals surface area contributed by atoms with Crippen molar-refractivity contribution in [2.75, 3.05) is 7.05 Å². The van der Waals surface area contributed by atoms with E-state index < -0.39 is 10.0 Å². The fourth-order valence-corrected chi connectivity index (χ4v) is 3.71. The van der Waals surface area contributed by atoms with Gasteiger partial charge >= 0.3 is 0 Å². The SMILES string of the molecule is Cc1[nH]nc(CCl)c1S(=O)(=O)N(C)Cc1cnn(C)c1. The fourth-order valence-electron chi connectivity index (χ4n) is 1.95. The van der Waals surface area contributed by atoms with Crippen LogP contribution in [-0.4, -0.2) is 39.7 Å². The predicted octanol–water partition coefficient (Wildman–Crippen LogP) is 1.01. The molecule has 0 spiro atoms. The van der Waals surface area contributed by atoms with Crippen molar-refractivity contribution in [3.05, 3.63) is 29.3 Å². The Hall–Kier alpha value is -1.38. The van der Waals surface area contributed by atoms with Gasteiger partial charge in [0.25, 0.3) is 0 Å². The van der Waals surface area contributed by atoms with Gasteiger partial charge in [0.05, 0.1) is 23.5 Å². The highest BCUT2D eigenvalue weighted by Gasteiger charge is 2.28. The molecule has 1 N–H and O–H groups in total. The maximum atomic E-state index is 12.6. The molecule has 0 bridgehead atoms. The second kappa shape index (κ2) is 5.55. The summed E-state index contributed by atoms with van der Waals surface area (Å²) in [5, 5.41) is 10.6. The summed E-state index contributed by atoms with van der Waals surface area (Å²) in [5.41, 5.74) is 1.63. The van der Waals surface area contributed by atoms with E-state index in [-0.39, 0.29) is 17.3 Å². The summed E-state index contributed by atoms with van der Waals surface area (Å²) in [6.45, 7) is 1.90. The molecule has 20 heavy (non-hydrogen) atoms. The molecule has 0 saturated carbocycles. The lowest BCUT2D eigenvalue weighted by Gasteiger charge is -2.16. The van der Waals surface area contributed by atoms with Crippen molar-refractivity contribution >= 4 is 21.6 Å². The Morgan fingerprint density at radius 2 is 2.20 bits per heavy atom. The minimum Gasteiger partial charge on any atom is -0.281 e. The number of aromatic amines is 1. The van der Waals surface area contributed by atoms with Crippen molar-refractivity contribution in [3.8, 4) is 0 Å². The monoisotopic (exact) mass is 317 g/mol. The molecule has 0 aliphatic heterocycles. The first-order valence-corrected chi connectivity index (χ1v) is 7.87. The predicted molar refractivity (Wildman–Crippen MR) is 74.7 cm³/mol. The second-order valence-electron chi connectivity index (χ2n) is 4.54. The number of H-pyrrole nitrogens is 1. The van der Waals surface area contributed by atoms with E-state index in [1.165, 1.54) is 11.4 Å². The van der Waals surface area contributed by atoms with Crippen LogP contribution in [-0.2, 0) is 29.5 Å². The summed E-state index contributed by atoms with van der Waals surface area (Å²) in [6.07, 6.45) is 3.41. The van der Waals surface area contributed by atoms with E-state index in [0.29, 0.717) is 11.4 Å². The first-order chi connectivity index (χ1) is 9.36. The highest BCUT2D eigenvalue weighted by molar-refractivity contribution is 7.89. The number of alkyl halides is 1. The van der Waals surface area contributed by atoms with E-state index in [1.807, 2.05) is 0 Å². The van der Waals surface area contributed by atoms with E-state index >= 15 is 0 Å². The van der Waals surface area contributed by atoms with Gasteiger partial charge in [-0.2, -0.15) is 14.5 Å². The van der Waals surface area contributed by atoms with Gasteiger partial charge in [0.15, 0.2) is 0 Å². The molecular weight excluding hydrogens is 302 g/mol. The van der Waals surface area contributed by atoms with Crippen molar-refractivity contribution in [1.82, 2.24) is 24.3 Å². The Morgan fingerprint density at radius 3 is 2.75 bits per heavy atom. The molecule has 2 heterocycles. The van der Waals surface area contributed by atoms with Crippen LogP contribution >= 0.6 is 11.6 Å². The molecule has 0 fully saturated rings. The van der Waals surface area contributed by atoms with Crippen LogP contribution in [0.15, 0.2) is 17.3 Å². The summed E-state index contributed by atoms with van der Waals surface area (Å²) in [5.74, 6) is 0.0413. The molecule has 2 rings (SSSR count). The van der Waals surface area contributed by atoms with Crippen LogP contribution in [0.25, 0.3) is 0 Å². The first kappa shape index (κ1) is 15.0. The zero-order valence-electron chi connectivity index (χ0n) is 11.5. The van der Waals surface area contributed by atoms with Crippen molar-refractivity contribution in [2.24, 2.45) is 7.05 Å². The Balaban J connectivity index is 2.32. The molecule has 0 amide bonds. The molecule has 2 aromatic heterocycles. The van der Waals surface area contributed by atoms with E-state index in [0.717, 1.165) is 5.56 Å². The number of aryl methyl sites for hydroxylation is 2. The summed E-state index contributed by atoms with van der Waals surface area (Å²) < 4.78 is 28.1. The van der Waals surface area contributed by atoms with Gasteiger partial charge in [-0.15, -0.1) is 11.6 Å². The van der Waals surface area contributed by atoms with Gasteiger partial charge in [-0.25, -0.2) is 8.42 Å². The lowest BCUT2D eigenvalue weighted by molar-refractivity contribution is 0.465. The average Bonchev–Trinajstić information content (AvgIpc) is 2.95. The van der Waals surface area contributed by atoms with E-state index in [4.69, 9.17) is 11.6 Å². The van der Waals surface area contributed by atoms with Gasteiger partial charge in [-0.05, 0) is 6.92 Å². The third kappa shape index (κ3) is 2.72. The molecule has 9 heteroatoms. The van der Waals surface area contributed by atoms with Crippen LogP contribution in [0.4, 0.5) is 0 Å². The fraction of sp³-hybridized carbons (Fsp3) is 0.455. The van der Waals surface area contributed by atoms with Crippen molar-refractivity contribution in [3.63, 3.8) is 0 Å². The third-order valence-corrected chi connectivity index (χ3v) is 5.18. The van der Waals surface area contributed by atoms with Gasteiger partial charge in [0.1, 0.15) is 4.90 Å². The van der Waals surface area contributed by atoms with Crippen molar-refractivity contribution < 1.29 is 8.42 Å². The minimum absolute atomic E-state index is 0.0413. The number of hydrogen-bond acceptors (Lipinski definition) is 4. The Morgan fingerprint density at radius 1 is 1.50 bits per heavy atom. The zero-order valence-corrected chi connectivity index (χ0v) is 13.0. The molecular formula is C11H16ClN5O2S. The standard InChI is InChI=1S/C11H16ClN5O2S/c1-8-11(10(4-12)15-14-8)20(18,19)17(3)7-9-5-13-16(2)6-9/h5-6H,4,7H2,1-3H3,(H,14,15). The molecule has 0 aromatic carbocycles. The average molecular weight is 318 g/mol. The highest BCUT2D eigenvalue weighted by atomic mass is 35.5. The van der Waals surface area contributed by atoms with Crippen LogP contribution in [0.3, 0.4) is 0 Å². The molecule has 0 radical (unpaired) electrons. The lowest BCUT2D eigenvalue weighted by Crippen LogP contribution is -2.27. The van der Waals surface area contributed by atoms with Gasteiger partial charge < -0.3 is 0 Å². The van der Waals surface area contributed by atoms with Crippen molar-refractivity contribution in [2.45, 2.75) is 24.2 Å². The van der Waals surface area contributed by atoms with Crippen LogP contribution < -0.4 is 0 Å². The molecule has 0 aliphatic rings. The smallest absolute Gasteiger partial charge is 0.246 e. The summed E-state index contributed by atoms with van der Waals surface area (Å²) >= 11 is 5.74. The molecule has 2 aromatic rings. The molecule has 0 aliphatic carbocycles. The second-order valence-corrected chi connectivity index (χ2v) is 6.79. The van der Waals surface area contributed by atoms with E-state index in [2.05, 4.69) is 15.3 Å². The third-order valence-electron chi connectivity index (χ3n) is 2.92. The minimum atomic E-state index is -3.64. The number of rotatable bonds is 5. The highest BCUT2D eigenvalue weighted by Crippen LogP contribution is 2.23. The number of aromatic nitrogens is 4. The molecule has 7 nitrogen and oxygen atoms in total. The van der Waals surface area contributed by atoms with Gasteiger partial charge in [0, 0.05) is 32.4 Å².